The predicted octanol–water partition coefficient (Wildman–Crippen LogP) is 2.58. The number of methoxy groups -OCH3 is 1. The van der Waals surface area contributed by atoms with Crippen molar-refractivity contribution in [3.8, 4) is 5.75 Å². The fraction of sp³-hybridized carbons (Fsp3) is 0.385. The van der Waals surface area contributed by atoms with Crippen molar-refractivity contribution in [2.45, 2.75) is 48.5 Å². The van der Waals surface area contributed by atoms with Crippen molar-refractivity contribution in [1.29, 1.82) is 0 Å². The third-order valence-corrected chi connectivity index (χ3v) is 7.75. The van der Waals surface area contributed by atoms with Gasteiger partial charge in [-0.25, -0.2) is 9.37 Å². The number of anilines is 1. The average molecular weight is 543 g/mol. The lowest BCUT2D eigenvalue weighted by Gasteiger charge is -2.37. The van der Waals surface area contributed by atoms with Gasteiger partial charge in [0.15, 0.2) is 0 Å². The molecule has 0 radical (unpaired) electrons. The summed E-state index contributed by atoms with van der Waals surface area (Å²) in [5, 5.41) is 26.9. The Morgan fingerprint density at radius 1 is 1.34 bits per heavy atom. The zero-order chi connectivity index (χ0) is 26.8. The molecule has 4 heterocycles. The summed E-state index contributed by atoms with van der Waals surface area (Å²) in [7, 11) is 1.50. The zero-order valence-corrected chi connectivity index (χ0v) is 21.3. The number of fused-ring (bicyclic) bond motifs is 2. The van der Waals surface area contributed by atoms with Gasteiger partial charge in [0.05, 0.1) is 54.3 Å². The number of carbonyl (C=O) groups is 2. The molecule has 3 aromatic rings. The summed E-state index contributed by atoms with van der Waals surface area (Å²) in [4.78, 5) is 33.7. The Balaban J connectivity index is 1.25. The minimum Gasteiger partial charge on any atom is -0.497 e. The van der Waals surface area contributed by atoms with Crippen molar-refractivity contribution in [3.05, 3.63) is 53.6 Å². The molecular formula is C26H27FN4O6S. The van der Waals surface area contributed by atoms with Crippen LogP contribution in [-0.2, 0) is 9.53 Å². The van der Waals surface area contributed by atoms with Crippen LogP contribution in [0.2, 0.25) is 0 Å². The van der Waals surface area contributed by atoms with Crippen LogP contribution in [0.3, 0.4) is 0 Å². The first-order valence-corrected chi connectivity index (χ1v) is 13.2. The van der Waals surface area contributed by atoms with Crippen LogP contribution in [0.5, 0.6) is 5.75 Å². The normalized spacial score (nSPS) is 21.9. The molecule has 0 aliphatic carbocycles. The van der Waals surface area contributed by atoms with Crippen LogP contribution in [0.4, 0.5) is 10.2 Å². The van der Waals surface area contributed by atoms with Gasteiger partial charge in [-0.2, -0.15) is 0 Å². The molecule has 1 aromatic carbocycles. The lowest BCUT2D eigenvalue weighted by molar-refractivity contribution is -0.113. The number of aliphatic hydroxyl groups is 2. The molecule has 2 aliphatic rings. The fourth-order valence-corrected chi connectivity index (χ4v) is 5.56. The Kier molecular flexibility index (Phi) is 7.75. The molecule has 200 valence electrons. The summed E-state index contributed by atoms with van der Waals surface area (Å²) in [5.41, 5.74) is 0.768. The third-order valence-electron chi connectivity index (χ3n) is 6.71. The molecule has 0 spiro atoms. The number of amides is 2. The number of thioether (sulfide) groups is 1. The van der Waals surface area contributed by atoms with Gasteiger partial charge in [-0.3, -0.25) is 14.6 Å². The Labute approximate surface area is 222 Å². The topological polar surface area (TPSA) is 143 Å². The number of nitrogens with zero attached hydrogens (tertiary/aromatic N) is 2. The number of halogens is 1. The largest absolute Gasteiger partial charge is 0.497 e. The van der Waals surface area contributed by atoms with E-state index in [1.165, 1.54) is 18.9 Å². The number of hydrogen-bond donors (Lipinski definition) is 4. The van der Waals surface area contributed by atoms with Crippen LogP contribution in [-0.4, -0.2) is 69.7 Å². The number of hydrogen-bond acceptors (Lipinski definition) is 9. The van der Waals surface area contributed by atoms with Gasteiger partial charge >= 0.3 is 0 Å². The highest BCUT2D eigenvalue weighted by Crippen LogP contribution is 2.34. The average Bonchev–Trinajstić information content (AvgIpc) is 2.92. The molecular weight excluding hydrogens is 515 g/mol. The monoisotopic (exact) mass is 542 g/mol. The molecule has 0 saturated carbocycles. The van der Waals surface area contributed by atoms with Crippen LogP contribution >= 0.6 is 11.8 Å². The van der Waals surface area contributed by atoms with E-state index in [2.05, 4.69) is 20.6 Å². The first-order valence-electron chi connectivity index (χ1n) is 12.2. The van der Waals surface area contributed by atoms with E-state index in [-0.39, 0.29) is 30.2 Å². The standard InChI is InChI=1S/C26H27FN4O6S/c1-36-13-2-4-17-15(8-13)24(16(27)10-28-17)20(33)9-14-3-5-18(21(11-32)37-14)30-26(35)19-6-7-22-25(29-19)31-23(34)12-38-22/h2,4,6-8,10,14,18,20-21,32-33H,3,5,9,11-12H2,1H3,(H,30,35)(H,29,31,34)/t14-,18+,20?,21+/m0/s1. The van der Waals surface area contributed by atoms with Gasteiger partial charge in [0.25, 0.3) is 5.91 Å². The van der Waals surface area contributed by atoms with Gasteiger partial charge in [-0.1, -0.05) is 0 Å². The Morgan fingerprint density at radius 3 is 2.97 bits per heavy atom. The van der Waals surface area contributed by atoms with Crippen LogP contribution < -0.4 is 15.4 Å². The SMILES string of the molecule is COc1ccc2ncc(F)c(C(O)C[C@@H]3CC[C@@H](NC(=O)c4ccc5c(n4)NC(=O)CS5)[C@@H](CO)O3)c2c1. The van der Waals surface area contributed by atoms with Crippen molar-refractivity contribution in [2.75, 3.05) is 24.8 Å². The van der Waals surface area contributed by atoms with Crippen LogP contribution in [0.1, 0.15) is 41.4 Å². The van der Waals surface area contributed by atoms with Crippen molar-refractivity contribution < 1.29 is 33.7 Å². The van der Waals surface area contributed by atoms with E-state index in [9.17, 15) is 24.2 Å². The van der Waals surface area contributed by atoms with E-state index >= 15 is 0 Å². The molecule has 38 heavy (non-hydrogen) atoms. The highest BCUT2D eigenvalue weighted by molar-refractivity contribution is 8.00. The number of benzene rings is 1. The molecule has 0 bridgehead atoms. The Hall–Kier alpha value is -3.32. The van der Waals surface area contributed by atoms with Crippen LogP contribution in [0.25, 0.3) is 10.9 Å². The van der Waals surface area contributed by atoms with Crippen molar-refractivity contribution >= 4 is 40.3 Å². The number of rotatable bonds is 7. The molecule has 1 saturated heterocycles. The highest BCUT2D eigenvalue weighted by Gasteiger charge is 2.34. The van der Waals surface area contributed by atoms with Gasteiger partial charge in [0, 0.05) is 17.4 Å². The minimum atomic E-state index is -1.18. The molecule has 4 atom stereocenters. The quantitative estimate of drug-likeness (QED) is 0.354. The number of ether oxygens (including phenoxy) is 2. The van der Waals surface area contributed by atoms with Crippen molar-refractivity contribution in [2.24, 2.45) is 0 Å². The molecule has 1 unspecified atom stereocenters. The second-order valence-electron chi connectivity index (χ2n) is 9.17. The molecule has 12 heteroatoms. The molecule has 4 N–H and O–H groups in total. The maximum atomic E-state index is 14.8. The van der Waals surface area contributed by atoms with E-state index in [4.69, 9.17) is 9.47 Å². The van der Waals surface area contributed by atoms with Crippen molar-refractivity contribution in [3.63, 3.8) is 0 Å². The summed E-state index contributed by atoms with van der Waals surface area (Å²) in [6.07, 6.45) is -0.273. The summed E-state index contributed by atoms with van der Waals surface area (Å²) < 4.78 is 26.0. The second-order valence-corrected chi connectivity index (χ2v) is 10.2. The lowest BCUT2D eigenvalue weighted by atomic mass is 9.92. The smallest absolute Gasteiger partial charge is 0.270 e. The molecule has 1 fully saturated rings. The summed E-state index contributed by atoms with van der Waals surface area (Å²) in [6.45, 7) is -0.356. The van der Waals surface area contributed by atoms with Gasteiger partial charge < -0.3 is 30.3 Å². The zero-order valence-electron chi connectivity index (χ0n) is 20.5. The van der Waals surface area contributed by atoms with Gasteiger partial charge in [-0.05, 0) is 43.2 Å². The molecule has 10 nitrogen and oxygen atoms in total. The highest BCUT2D eigenvalue weighted by atomic mass is 32.2. The van der Waals surface area contributed by atoms with Gasteiger partial charge in [-0.15, -0.1) is 11.8 Å². The Bertz CT molecular complexity index is 1380. The number of aliphatic hydroxyl groups excluding tert-OH is 2. The number of carbonyl (C=O) groups excluding carboxylic acids is 2. The molecule has 2 amide bonds. The van der Waals surface area contributed by atoms with E-state index in [0.29, 0.717) is 41.1 Å². The minimum absolute atomic E-state index is 0.0914. The maximum Gasteiger partial charge on any atom is 0.270 e. The van der Waals surface area contributed by atoms with Gasteiger partial charge in [0.1, 0.15) is 29.2 Å². The summed E-state index contributed by atoms with van der Waals surface area (Å²) in [5.74, 6) is -0.111. The van der Waals surface area contributed by atoms with Crippen molar-refractivity contribution in [1.82, 2.24) is 15.3 Å². The van der Waals surface area contributed by atoms with Gasteiger partial charge in [0.2, 0.25) is 5.91 Å². The van der Waals surface area contributed by atoms with E-state index < -0.39 is 36.1 Å². The first kappa shape index (κ1) is 26.3. The number of nitrogens with one attached hydrogen (secondary N) is 2. The molecule has 2 aliphatic heterocycles. The van der Waals surface area contributed by atoms with Crippen LogP contribution in [0.15, 0.2) is 41.4 Å². The van der Waals surface area contributed by atoms with E-state index in [0.717, 1.165) is 11.1 Å². The maximum absolute atomic E-state index is 14.8. The summed E-state index contributed by atoms with van der Waals surface area (Å²) >= 11 is 1.35. The second kappa shape index (κ2) is 11.2. The lowest BCUT2D eigenvalue weighted by Crippen LogP contribution is -2.51. The molecule has 2 aromatic heterocycles. The first-order chi connectivity index (χ1) is 18.4. The van der Waals surface area contributed by atoms with E-state index in [1.54, 1.807) is 30.3 Å². The predicted molar refractivity (Wildman–Crippen MR) is 138 cm³/mol. The number of pyridine rings is 2. The molecule has 5 rings (SSSR count). The Morgan fingerprint density at radius 2 is 2.18 bits per heavy atom. The van der Waals surface area contributed by atoms with Crippen LogP contribution in [0, 0.1) is 5.82 Å². The third kappa shape index (κ3) is 5.44. The summed E-state index contributed by atoms with van der Waals surface area (Å²) in [6, 6.07) is 7.86. The number of aromatic nitrogens is 2. The van der Waals surface area contributed by atoms with E-state index in [1.807, 2.05) is 0 Å². The fourth-order valence-electron chi connectivity index (χ4n) is 4.80.